The SMILES string of the molecule is COC(=O)c1ccccc1NC(=O)C(C)Sc1nc(N)c(C#N)c(-c2ccco2)c1C#N. The molecule has 1 amide bonds. The van der Waals surface area contributed by atoms with Crippen LogP contribution in [0.2, 0.25) is 0 Å². The maximum absolute atomic E-state index is 12.8. The predicted octanol–water partition coefficient (Wildman–Crippen LogP) is 3.57. The van der Waals surface area contributed by atoms with Crippen molar-refractivity contribution < 1.29 is 18.7 Å². The number of hydrogen-bond acceptors (Lipinski definition) is 9. The topological polar surface area (TPSA) is 155 Å². The van der Waals surface area contributed by atoms with Crippen LogP contribution in [-0.2, 0) is 9.53 Å². The number of nitrogens with two attached hydrogens (primary N) is 1. The lowest BCUT2D eigenvalue weighted by Gasteiger charge is -2.16. The number of esters is 1. The Morgan fingerprint density at radius 2 is 1.91 bits per heavy atom. The molecule has 1 aromatic carbocycles. The van der Waals surface area contributed by atoms with Gasteiger partial charge in [0.25, 0.3) is 0 Å². The zero-order valence-electron chi connectivity index (χ0n) is 17.1. The molecule has 0 radical (unpaired) electrons. The second-order valence-corrected chi connectivity index (χ2v) is 7.74. The number of furan rings is 1. The largest absolute Gasteiger partial charge is 0.465 e. The fraction of sp³-hybridized carbons (Fsp3) is 0.136. The molecule has 0 spiro atoms. The van der Waals surface area contributed by atoms with Gasteiger partial charge in [-0.2, -0.15) is 10.5 Å². The lowest BCUT2D eigenvalue weighted by molar-refractivity contribution is -0.115. The smallest absolute Gasteiger partial charge is 0.339 e. The van der Waals surface area contributed by atoms with Crippen molar-refractivity contribution in [3.05, 3.63) is 59.4 Å². The van der Waals surface area contributed by atoms with Gasteiger partial charge in [-0.25, -0.2) is 9.78 Å². The maximum Gasteiger partial charge on any atom is 0.339 e. The molecule has 32 heavy (non-hydrogen) atoms. The Labute approximate surface area is 187 Å². The summed E-state index contributed by atoms with van der Waals surface area (Å²) in [6.45, 7) is 1.62. The standard InChI is InChI=1S/C22H17N5O4S/c1-12(20(28)26-16-7-4-3-6-13(16)22(29)30-2)32-21-15(11-24)18(17-8-5-9-31-17)14(10-23)19(25)27-21/h3-9,12H,1-2H3,(H2,25,27)(H,26,28). The molecule has 1 atom stereocenters. The number of carbonyl (C=O) groups excluding carboxylic acids is 2. The number of hydrogen-bond donors (Lipinski definition) is 2. The monoisotopic (exact) mass is 447 g/mol. The Bertz CT molecular complexity index is 1260. The number of benzene rings is 1. The first-order valence-electron chi connectivity index (χ1n) is 9.23. The number of nitriles is 2. The summed E-state index contributed by atoms with van der Waals surface area (Å²) in [6, 6.07) is 13.7. The number of amides is 1. The number of para-hydroxylation sites is 1. The summed E-state index contributed by atoms with van der Waals surface area (Å²) in [6.07, 6.45) is 1.41. The summed E-state index contributed by atoms with van der Waals surface area (Å²) < 4.78 is 10.1. The van der Waals surface area contributed by atoms with Gasteiger partial charge in [0, 0.05) is 0 Å². The van der Waals surface area contributed by atoms with Gasteiger partial charge in [-0.1, -0.05) is 23.9 Å². The van der Waals surface area contributed by atoms with Gasteiger partial charge in [0.1, 0.15) is 34.3 Å². The van der Waals surface area contributed by atoms with Crippen molar-refractivity contribution in [2.24, 2.45) is 0 Å². The van der Waals surface area contributed by atoms with Crippen molar-refractivity contribution in [1.82, 2.24) is 4.98 Å². The minimum Gasteiger partial charge on any atom is -0.465 e. The minimum atomic E-state index is -0.725. The van der Waals surface area contributed by atoms with Crippen LogP contribution in [0.25, 0.3) is 11.3 Å². The van der Waals surface area contributed by atoms with Crippen molar-refractivity contribution in [3.8, 4) is 23.5 Å². The highest BCUT2D eigenvalue weighted by atomic mass is 32.2. The second kappa shape index (κ2) is 9.69. The molecule has 0 aliphatic heterocycles. The average molecular weight is 447 g/mol. The zero-order valence-corrected chi connectivity index (χ0v) is 17.9. The summed E-state index contributed by atoms with van der Waals surface area (Å²) in [5.74, 6) is -0.806. The first-order valence-corrected chi connectivity index (χ1v) is 10.1. The molecule has 10 heteroatoms. The van der Waals surface area contributed by atoms with Crippen molar-refractivity contribution in [2.75, 3.05) is 18.2 Å². The van der Waals surface area contributed by atoms with E-state index in [1.165, 1.54) is 19.4 Å². The maximum atomic E-state index is 12.8. The first-order chi connectivity index (χ1) is 15.4. The summed E-state index contributed by atoms with van der Waals surface area (Å²) in [4.78, 5) is 28.9. The second-order valence-electron chi connectivity index (χ2n) is 6.41. The number of thioether (sulfide) groups is 1. The van der Waals surface area contributed by atoms with Crippen LogP contribution in [0.15, 0.2) is 52.1 Å². The van der Waals surface area contributed by atoms with Gasteiger partial charge in [0.05, 0.1) is 41.0 Å². The number of nitrogens with zero attached hydrogens (tertiary/aromatic N) is 3. The molecule has 3 aromatic rings. The third-order valence-corrected chi connectivity index (χ3v) is 5.52. The van der Waals surface area contributed by atoms with Gasteiger partial charge in [0.15, 0.2) is 0 Å². The van der Waals surface area contributed by atoms with E-state index in [4.69, 9.17) is 14.9 Å². The van der Waals surface area contributed by atoms with Gasteiger partial charge in [0.2, 0.25) is 5.91 Å². The molecule has 3 N–H and O–H groups in total. The Morgan fingerprint density at radius 1 is 1.19 bits per heavy atom. The number of nitrogens with one attached hydrogen (secondary N) is 1. The van der Waals surface area contributed by atoms with Crippen LogP contribution in [-0.4, -0.2) is 29.2 Å². The molecule has 0 saturated carbocycles. The molecule has 0 bridgehead atoms. The van der Waals surface area contributed by atoms with E-state index >= 15 is 0 Å². The van der Waals surface area contributed by atoms with E-state index in [1.54, 1.807) is 37.3 Å². The fourth-order valence-electron chi connectivity index (χ4n) is 2.89. The quantitative estimate of drug-likeness (QED) is 0.426. The summed E-state index contributed by atoms with van der Waals surface area (Å²) in [5.41, 5.74) is 6.77. The van der Waals surface area contributed by atoms with Crippen molar-refractivity contribution >= 4 is 35.1 Å². The molecule has 3 rings (SSSR count). The number of anilines is 2. The van der Waals surface area contributed by atoms with Crippen LogP contribution in [0.5, 0.6) is 0 Å². The molecule has 2 aromatic heterocycles. The zero-order chi connectivity index (χ0) is 23.3. The van der Waals surface area contributed by atoms with Crippen molar-refractivity contribution in [2.45, 2.75) is 17.2 Å². The van der Waals surface area contributed by atoms with Crippen LogP contribution in [0.4, 0.5) is 11.5 Å². The molecule has 0 aliphatic carbocycles. The normalized spacial score (nSPS) is 11.1. The third kappa shape index (κ3) is 4.41. The highest BCUT2D eigenvalue weighted by Crippen LogP contribution is 2.37. The van der Waals surface area contributed by atoms with E-state index in [1.807, 2.05) is 12.1 Å². The van der Waals surface area contributed by atoms with Crippen LogP contribution in [0, 0.1) is 22.7 Å². The summed E-state index contributed by atoms with van der Waals surface area (Å²) >= 11 is 0.994. The molecule has 0 saturated heterocycles. The first kappa shape index (κ1) is 22.4. The highest BCUT2D eigenvalue weighted by molar-refractivity contribution is 8.00. The number of carbonyl (C=O) groups is 2. The van der Waals surface area contributed by atoms with E-state index < -0.39 is 17.1 Å². The van der Waals surface area contributed by atoms with Gasteiger partial charge < -0.3 is 20.2 Å². The summed E-state index contributed by atoms with van der Waals surface area (Å²) in [5, 5.41) is 21.4. The average Bonchev–Trinajstić information content (AvgIpc) is 3.33. The van der Waals surface area contributed by atoms with E-state index in [-0.39, 0.29) is 38.9 Å². The van der Waals surface area contributed by atoms with Gasteiger partial charge in [-0.3, -0.25) is 4.79 Å². The van der Waals surface area contributed by atoms with E-state index in [9.17, 15) is 20.1 Å². The third-order valence-electron chi connectivity index (χ3n) is 4.43. The summed E-state index contributed by atoms with van der Waals surface area (Å²) in [7, 11) is 1.25. The van der Waals surface area contributed by atoms with Crippen LogP contribution in [0.3, 0.4) is 0 Å². The van der Waals surface area contributed by atoms with Gasteiger partial charge in [-0.05, 0) is 31.2 Å². The Morgan fingerprint density at radius 3 is 2.53 bits per heavy atom. The Kier molecular flexibility index (Phi) is 6.78. The molecule has 0 fully saturated rings. The van der Waals surface area contributed by atoms with Crippen molar-refractivity contribution in [1.29, 1.82) is 10.5 Å². The number of pyridine rings is 1. The lowest BCUT2D eigenvalue weighted by Crippen LogP contribution is -2.24. The molecule has 9 nitrogen and oxygen atoms in total. The molecule has 160 valence electrons. The van der Waals surface area contributed by atoms with Crippen LogP contribution in [0.1, 0.15) is 28.4 Å². The van der Waals surface area contributed by atoms with Crippen molar-refractivity contribution in [3.63, 3.8) is 0 Å². The fourth-order valence-corrected chi connectivity index (χ4v) is 3.80. The van der Waals surface area contributed by atoms with Crippen LogP contribution < -0.4 is 11.1 Å². The molecule has 0 aliphatic rings. The molecule has 1 unspecified atom stereocenters. The predicted molar refractivity (Wildman–Crippen MR) is 118 cm³/mol. The number of nitrogen functional groups attached to an aromatic ring is 1. The van der Waals surface area contributed by atoms with E-state index in [2.05, 4.69) is 10.3 Å². The minimum absolute atomic E-state index is 0.0185. The van der Waals surface area contributed by atoms with Crippen LogP contribution >= 0.6 is 11.8 Å². The van der Waals surface area contributed by atoms with Gasteiger partial charge in [-0.15, -0.1) is 0 Å². The van der Waals surface area contributed by atoms with Gasteiger partial charge >= 0.3 is 5.97 Å². The molecular formula is C22H17N5O4S. The number of ether oxygens (including phenoxy) is 1. The Hall–Kier alpha value is -4.28. The molecule has 2 heterocycles. The number of rotatable bonds is 6. The number of methoxy groups -OCH3 is 1. The Balaban J connectivity index is 1.93. The highest BCUT2D eigenvalue weighted by Gasteiger charge is 2.25. The van der Waals surface area contributed by atoms with E-state index in [0.717, 1.165) is 11.8 Å². The lowest BCUT2D eigenvalue weighted by atomic mass is 10.0. The van der Waals surface area contributed by atoms with E-state index in [0.29, 0.717) is 5.69 Å². The molecular weight excluding hydrogens is 430 g/mol. The number of aromatic nitrogens is 1.